The Morgan fingerprint density at radius 2 is 2.05 bits per heavy atom. The summed E-state index contributed by atoms with van der Waals surface area (Å²) in [5, 5.41) is 2.96. The van der Waals surface area contributed by atoms with Gasteiger partial charge in [-0.25, -0.2) is 4.99 Å². The monoisotopic (exact) mass is 301 g/mol. The van der Waals surface area contributed by atoms with E-state index in [1.54, 1.807) is 12.1 Å². The van der Waals surface area contributed by atoms with E-state index in [1.165, 1.54) is 12.1 Å². The number of halogens is 3. The lowest BCUT2D eigenvalue weighted by Gasteiger charge is -2.13. The maximum atomic E-state index is 12.4. The minimum atomic E-state index is -4.69. The molecule has 0 amide bonds. The molecule has 0 saturated heterocycles. The van der Waals surface area contributed by atoms with Gasteiger partial charge in [0.2, 0.25) is 0 Å². The van der Waals surface area contributed by atoms with Gasteiger partial charge < -0.3 is 15.8 Å². The number of rotatable bonds is 4. The van der Waals surface area contributed by atoms with Gasteiger partial charge in [0.05, 0.1) is 6.04 Å². The first-order valence-corrected chi connectivity index (χ1v) is 6.70. The Morgan fingerprint density at radius 1 is 1.38 bits per heavy atom. The Balaban J connectivity index is 2.08. The Morgan fingerprint density at radius 3 is 2.67 bits per heavy atom. The summed E-state index contributed by atoms with van der Waals surface area (Å²) in [5.41, 5.74) is 6.24. The Bertz CT molecular complexity index is 528. The number of nitrogens with zero attached hydrogens (tertiary/aromatic N) is 1. The van der Waals surface area contributed by atoms with Gasteiger partial charge in [-0.15, -0.1) is 13.2 Å². The summed E-state index contributed by atoms with van der Waals surface area (Å²) in [6, 6.07) is 6.21. The highest BCUT2D eigenvalue weighted by atomic mass is 19.4. The number of hydrogen-bond donors (Lipinski definition) is 2. The lowest BCUT2D eigenvalue weighted by Crippen LogP contribution is -2.37. The van der Waals surface area contributed by atoms with Crippen molar-refractivity contribution >= 4 is 5.96 Å². The van der Waals surface area contributed by atoms with Crippen molar-refractivity contribution in [2.24, 2.45) is 10.7 Å². The van der Waals surface area contributed by atoms with E-state index < -0.39 is 6.36 Å². The third-order valence-corrected chi connectivity index (χ3v) is 3.04. The minimum Gasteiger partial charge on any atom is -0.405 e. The normalized spacial score (nSPS) is 22.3. The summed E-state index contributed by atoms with van der Waals surface area (Å²) in [6.45, 7) is 3.86. The van der Waals surface area contributed by atoms with E-state index >= 15 is 0 Å². The average molecular weight is 301 g/mol. The molecule has 1 aromatic carbocycles. The zero-order chi connectivity index (χ0) is 15.6. The smallest absolute Gasteiger partial charge is 0.405 e. The summed E-state index contributed by atoms with van der Waals surface area (Å²) in [6.07, 6.45) is -4.03. The molecule has 1 aliphatic carbocycles. The van der Waals surface area contributed by atoms with Crippen LogP contribution < -0.4 is 15.8 Å². The summed E-state index contributed by atoms with van der Waals surface area (Å²) < 4.78 is 41.2. The predicted octanol–water partition coefficient (Wildman–Crippen LogP) is 2.75. The van der Waals surface area contributed by atoms with Crippen LogP contribution in [0.15, 0.2) is 29.3 Å². The first-order valence-electron chi connectivity index (χ1n) is 6.70. The van der Waals surface area contributed by atoms with Crippen molar-refractivity contribution in [1.82, 2.24) is 5.32 Å². The van der Waals surface area contributed by atoms with Crippen LogP contribution in [0, 0.1) is 0 Å². The Kier molecular flexibility index (Phi) is 4.29. The number of benzene rings is 1. The first-order chi connectivity index (χ1) is 9.76. The molecular formula is C14H18F3N3O. The summed E-state index contributed by atoms with van der Waals surface area (Å²) in [5.74, 6) is 0.0610. The summed E-state index contributed by atoms with van der Waals surface area (Å²) in [7, 11) is 0. The summed E-state index contributed by atoms with van der Waals surface area (Å²) in [4.78, 5) is 4.27. The average Bonchev–Trinajstić information content (AvgIpc) is 3.05. The Hall–Kier alpha value is -1.92. The molecule has 21 heavy (non-hydrogen) atoms. The molecule has 0 aromatic heterocycles. The van der Waals surface area contributed by atoms with Gasteiger partial charge in [-0.2, -0.15) is 0 Å². The highest BCUT2D eigenvalue weighted by molar-refractivity contribution is 5.78. The van der Waals surface area contributed by atoms with E-state index in [0.29, 0.717) is 17.9 Å². The zero-order valence-electron chi connectivity index (χ0n) is 11.8. The predicted molar refractivity (Wildman–Crippen MR) is 74.2 cm³/mol. The van der Waals surface area contributed by atoms with Crippen molar-refractivity contribution in [3.8, 4) is 5.75 Å². The highest BCUT2D eigenvalue weighted by Crippen LogP contribution is 2.47. The van der Waals surface area contributed by atoms with Gasteiger partial charge in [-0.05, 0) is 31.9 Å². The van der Waals surface area contributed by atoms with Gasteiger partial charge in [0.25, 0.3) is 0 Å². The molecule has 2 atom stereocenters. The topological polar surface area (TPSA) is 59.6 Å². The van der Waals surface area contributed by atoms with E-state index in [1.807, 2.05) is 13.8 Å². The van der Waals surface area contributed by atoms with E-state index in [2.05, 4.69) is 15.0 Å². The second-order valence-electron chi connectivity index (χ2n) is 5.31. The third kappa shape index (κ3) is 4.54. The van der Waals surface area contributed by atoms with Crippen LogP contribution in [0.3, 0.4) is 0 Å². The quantitative estimate of drug-likeness (QED) is 0.664. The van der Waals surface area contributed by atoms with E-state index in [9.17, 15) is 13.2 Å². The van der Waals surface area contributed by atoms with Crippen molar-refractivity contribution in [3.05, 3.63) is 29.8 Å². The molecule has 1 aromatic rings. The number of guanidine groups is 1. The molecule has 0 heterocycles. The maximum Gasteiger partial charge on any atom is 0.573 e. The molecule has 1 aliphatic rings. The van der Waals surface area contributed by atoms with Crippen molar-refractivity contribution in [1.29, 1.82) is 0 Å². The largest absolute Gasteiger partial charge is 0.573 e. The van der Waals surface area contributed by atoms with E-state index in [-0.39, 0.29) is 23.8 Å². The van der Waals surface area contributed by atoms with Crippen LogP contribution in [-0.4, -0.2) is 24.4 Å². The molecule has 1 saturated carbocycles. The zero-order valence-corrected chi connectivity index (χ0v) is 11.8. The van der Waals surface area contributed by atoms with Crippen molar-refractivity contribution in [3.63, 3.8) is 0 Å². The molecule has 2 unspecified atom stereocenters. The lowest BCUT2D eigenvalue weighted by atomic mass is 10.1. The molecule has 2 rings (SSSR count). The highest BCUT2D eigenvalue weighted by Gasteiger charge is 2.42. The fourth-order valence-corrected chi connectivity index (χ4v) is 2.17. The molecule has 7 heteroatoms. The molecule has 1 fully saturated rings. The molecule has 3 N–H and O–H groups in total. The number of alkyl halides is 3. The van der Waals surface area contributed by atoms with Gasteiger partial charge in [0.1, 0.15) is 5.75 Å². The minimum absolute atomic E-state index is 0.0870. The molecule has 0 aliphatic heterocycles. The van der Waals surface area contributed by atoms with Crippen LogP contribution in [0.1, 0.15) is 31.7 Å². The second kappa shape index (κ2) is 5.83. The van der Waals surface area contributed by atoms with Gasteiger partial charge >= 0.3 is 6.36 Å². The lowest BCUT2D eigenvalue weighted by molar-refractivity contribution is -0.274. The fourth-order valence-electron chi connectivity index (χ4n) is 2.17. The molecule has 0 radical (unpaired) electrons. The van der Waals surface area contributed by atoms with E-state index in [0.717, 1.165) is 0 Å². The van der Waals surface area contributed by atoms with Crippen LogP contribution in [0.4, 0.5) is 13.2 Å². The van der Waals surface area contributed by atoms with Crippen molar-refractivity contribution < 1.29 is 17.9 Å². The van der Waals surface area contributed by atoms with Crippen LogP contribution in [-0.2, 0) is 0 Å². The molecular weight excluding hydrogens is 283 g/mol. The number of ether oxygens (including phenoxy) is 1. The van der Waals surface area contributed by atoms with Gasteiger partial charge in [-0.3, -0.25) is 0 Å². The summed E-state index contributed by atoms with van der Waals surface area (Å²) >= 11 is 0. The SMILES string of the molecule is CC(C)NC(N)=NC1CC1c1ccccc1OC(F)(F)F. The van der Waals surface area contributed by atoms with Gasteiger partial charge in [0, 0.05) is 12.0 Å². The van der Waals surface area contributed by atoms with Crippen LogP contribution in [0.5, 0.6) is 5.75 Å². The van der Waals surface area contributed by atoms with Gasteiger partial charge in [0.15, 0.2) is 5.96 Å². The van der Waals surface area contributed by atoms with E-state index in [4.69, 9.17) is 5.73 Å². The van der Waals surface area contributed by atoms with Crippen molar-refractivity contribution in [2.75, 3.05) is 0 Å². The molecule has 0 bridgehead atoms. The first kappa shape index (κ1) is 15.5. The number of aliphatic imine (C=N–C) groups is 1. The fraction of sp³-hybridized carbons (Fsp3) is 0.500. The molecule has 4 nitrogen and oxygen atoms in total. The second-order valence-corrected chi connectivity index (χ2v) is 5.31. The van der Waals surface area contributed by atoms with Crippen LogP contribution >= 0.6 is 0 Å². The van der Waals surface area contributed by atoms with Crippen LogP contribution in [0.25, 0.3) is 0 Å². The number of nitrogens with two attached hydrogens (primary N) is 1. The molecule has 116 valence electrons. The number of hydrogen-bond acceptors (Lipinski definition) is 2. The van der Waals surface area contributed by atoms with Crippen LogP contribution in [0.2, 0.25) is 0 Å². The number of para-hydroxylation sites is 1. The van der Waals surface area contributed by atoms with Gasteiger partial charge in [-0.1, -0.05) is 18.2 Å². The number of nitrogens with one attached hydrogen (secondary N) is 1. The standard InChI is InChI=1S/C14H18F3N3O/c1-8(2)19-13(18)20-11-7-10(11)9-5-3-4-6-12(9)21-14(15,16)17/h3-6,8,10-11H,7H2,1-2H3,(H3,18,19,20). The Labute approximate surface area is 121 Å². The third-order valence-electron chi connectivity index (χ3n) is 3.04. The maximum absolute atomic E-state index is 12.4. The van der Waals surface area contributed by atoms with Crippen molar-refractivity contribution in [2.45, 2.75) is 44.6 Å². The molecule has 0 spiro atoms.